The van der Waals surface area contributed by atoms with E-state index >= 15 is 0 Å². The highest BCUT2D eigenvalue weighted by Crippen LogP contribution is 2.53. The van der Waals surface area contributed by atoms with Crippen LogP contribution < -0.4 is 4.90 Å². The normalized spacial score (nSPS) is 29.2. The average molecular weight is 299 g/mol. The number of benzene rings is 1. The van der Waals surface area contributed by atoms with Gasteiger partial charge in [-0.1, -0.05) is 20.8 Å². The highest BCUT2D eigenvalue weighted by atomic mass is 16.6. The summed E-state index contributed by atoms with van der Waals surface area (Å²) in [6.45, 7) is 7.86. The molecule has 1 saturated carbocycles. The summed E-state index contributed by atoms with van der Waals surface area (Å²) < 4.78 is 0. The maximum Gasteiger partial charge on any atom is 0.270 e. The van der Waals surface area contributed by atoms with Crippen molar-refractivity contribution in [3.63, 3.8) is 0 Å². The number of rotatable bonds is 2. The highest BCUT2D eigenvalue weighted by Gasteiger charge is 2.49. The second-order valence-corrected chi connectivity index (χ2v) is 7.91. The van der Waals surface area contributed by atoms with E-state index in [1.54, 1.807) is 6.07 Å². The van der Waals surface area contributed by atoms with Crippen LogP contribution in [0, 0.1) is 32.3 Å². The molecule has 0 radical (unpaired) electrons. The quantitative estimate of drug-likeness (QED) is 0.614. The van der Waals surface area contributed by atoms with Gasteiger partial charge in [-0.2, -0.15) is 5.26 Å². The zero-order valence-electron chi connectivity index (χ0n) is 13.3. The molecule has 1 saturated heterocycles. The predicted molar refractivity (Wildman–Crippen MR) is 84.7 cm³/mol. The summed E-state index contributed by atoms with van der Waals surface area (Å²) in [6, 6.07) is 7.20. The molecular weight excluding hydrogens is 278 g/mol. The molecule has 116 valence electrons. The molecule has 1 aromatic rings. The van der Waals surface area contributed by atoms with Crippen molar-refractivity contribution in [1.29, 1.82) is 5.26 Å². The van der Waals surface area contributed by atoms with Gasteiger partial charge in [0, 0.05) is 24.7 Å². The van der Waals surface area contributed by atoms with Crippen LogP contribution in [0.4, 0.5) is 11.4 Å². The van der Waals surface area contributed by atoms with Crippen LogP contribution in [0.5, 0.6) is 0 Å². The number of nitrogens with zero attached hydrogens (tertiary/aromatic N) is 3. The van der Waals surface area contributed by atoms with E-state index in [2.05, 4.69) is 31.7 Å². The van der Waals surface area contributed by atoms with Crippen molar-refractivity contribution in [2.24, 2.45) is 10.8 Å². The molecule has 1 aliphatic carbocycles. The van der Waals surface area contributed by atoms with E-state index in [9.17, 15) is 15.4 Å². The summed E-state index contributed by atoms with van der Waals surface area (Å²) in [6.07, 6.45) is 3.42. The summed E-state index contributed by atoms with van der Waals surface area (Å²) in [5, 5.41) is 20.3. The number of anilines is 1. The first kappa shape index (κ1) is 14.8. The summed E-state index contributed by atoms with van der Waals surface area (Å²) >= 11 is 0. The number of nitro groups is 1. The van der Waals surface area contributed by atoms with Gasteiger partial charge in [-0.25, -0.2) is 0 Å². The highest BCUT2D eigenvalue weighted by molar-refractivity contribution is 5.64. The Morgan fingerprint density at radius 3 is 2.73 bits per heavy atom. The largest absolute Gasteiger partial charge is 0.367 e. The van der Waals surface area contributed by atoms with Gasteiger partial charge in [0.05, 0.1) is 16.2 Å². The van der Waals surface area contributed by atoms with Gasteiger partial charge < -0.3 is 4.90 Å². The Morgan fingerprint density at radius 1 is 1.36 bits per heavy atom. The molecule has 0 spiro atoms. The fourth-order valence-corrected chi connectivity index (χ4v) is 4.72. The molecule has 2 aliphatic rings. The molecule has 2 unspecified atom stereocenters. The minimum atomic E-state index is -0.447. The van der Waals surface area contributed by atoms with Crippen LogP contribution in [-0.4, -0.2) is 17.5 Å². The molecule has 0 N–H and O–H groups in total. The Morgan fingerprint density at radius 2 is 2.09 bits per heavy atom. The first-order valence-electron chi connectivity index (χ1n) is 7.68. The van der Waals surface area contributed by atoms with Crippen LogP contribution in [-0.2, 0) is 0 Å². The van der Waals surface area contributed by atoms with Gasteiger partial charge in [-0.3, -0.25) is 10.1 Å². The Hall–Kier alpha value is -2.09. The number of fused-ring (bicyclic) bond motifs is 2. The Kier molecular flexibility index (Phi) is 3.17. The Balaban J connectivity index is 1.99. The molecule has 1 aromatic carbocycles. The Labute approximate surface area is 130 Å². The lowest BCUT2D eigenvalue weighted by Crippen LogP contribution is -2.34. The van der Waals surface area contributed by atoms with E-state index in [0.29, 0.717) is 17.0 Å². The average Bonchev–Trinajstić information content (AvgIpc) is 2.67. The van der Waals surface area contributed by atoms with Gasteiger partial charge in [0.2, 0.25) is 0 Å². The maximum absolute atomic E-state index is 10.9. The second kappa shape index (κ2) is 4.70. The van der Waals surface area contributed by atoms with Crippen molar-refractivity contribution in [2.75, 3.05) is 11.4 Å². The second-order valence-electron chi connectivity index (χ2n) is 7.91. The van der Waals surface area contributed by atoms with Gasteiger partial charge >= 0.3 is 0 Å². The van der Waals surface area contributed by atoms with Crippen LogP contribution in [0.25, 0.3) is 0 Å². The predicted octanol–water partition coefficient (Wildman–Crippen LogP) is 3.87. The molecule has 2 atom stereocenters. The standard InChI is InChI=1S/C17H21N3O2/c1-16(2)7-14-8-17(3,10-16)11-19(14)15-5-4-13(20(21)22)6-12(15)9-18/h4-6,14H,7-8,10-11H2,1-3H3. The van der Waals surface area contributed by atoms with Crippen LogP contribution in [0.1, 0.15) is 45.6 Å². The molecule has 0 amide bonds. The SMILES string of the molecule is CC1(C)CC2CC(C)(CN2c2ccc([N+](=O)[O-])cc2C#N)C1. The van der Waals surface area contributed by atoms with Crippen molar-refractivity contribution in [2.45, 2.75) is 46.1 Å². The monoisotopic (exact) mass is 299 g/mol. The summed E-state index contributed by atoms with van der Waals surface area (Å²) in [4.78, 5) is 12.8. The van der Waals surface area contributed by atoms with Crippen LogP contribution in [0.3, 0.4) is 0 Å². The number of nitro benzene ring substituents is 1. The van der Waals surface area contributed by atoms with Crippen molar-refractivity contribution < 1.29 is 4.92 Å². The number of nitriles is 1. The van der Waals surface area contributed by atoms with E-state index < -0.39 is 4.92 Å². The van der Waals surface area contributed by atoms with Crippen molar-refractivity contribution in [3.05, 3.63) is 33.9 Å². The van der Waals surface area contributed by atoms with Crippen LogP contribution in [0.2, 0.25) is 0 Å². The third-order valence-electron chi connectivity index (χ3n) is 5.04. The molecule has 1 heterocycles. The lowest BCUT2D eigenvalue weighted by atomic mass is 9.65. The Bertz CT molecular complexity index is 677. The van der Waals surface area contributed by atoms with Gasteiger partial charge in [0.1, 0.15) is 6.07 Å². The van der Waals surface area contributed by atoms with Crippen molar-refractivity contribution in [3.8, 4) is 6.07 Å². The number of hydrogen-bond acceptors (Lipinski definition) is 4. The van der Waals surface area contributed by atoms with Gasteiger partial charge in [-0.05, 0) is 36.2 Å². The first-order chi connectivity index (χ1) is 10.2. The molecule has 5 heteroatoms. The minimum absolute atomic E-state index is 0.0194. The molecule has 5 nitrogen and oxygen atoms in total. The van der Waals surface area contributed by atoms with Gasteiger partial charge in [0.25, 0.3) is 5.69 Å². The molecule has 1 aliphatic heterocycles. The third-order valence-corrected chi connectivity index (χ3v) is 5.04. The third kappa shape index (κ3) is 2.43. The molecular formula is C17H21N3O2. The lowest BCUT2D eigenvalue weighted by molar-refractivity contribution is -0.384. The smallest absolute Gasteiger partial charge is 0.270 e. The van der Waals surface area contributed by atoms with E-state index in [1.807, 2.05) is 0 Å². The summed E-state index contributed by atoms with van der Waals surface area (Å²) in [5.41, 5.74) is 1.80. The van der Waals surface area contributed by atoms with Gasteiger partial charge in [-0.15, -0.1) is 0 Å². The minimum Gasteiger partial charge on any atom is -0.367 e. The molecule has 2 bridgehead atoms. The molecule has 2 fully saturated rings. The first-order valence-corrected chi connectivity index (χ1v) is 7.68. The van der Waals surface area contributed by atoms with Crippen LogP contribution in [0.15, 0.2) is 18.2 Å². The van der Waals surface area contributed by atoms with Crippen LogP contribution >= 0.6 is 0 Å². The molecule has 3 rings (SSSR count). The lowest BCUT2D eigenvalue weighted by Gasteiger charge is -2.39. The molecule has 0 aromatic heterocycles. The van der Waals surface area contributed by atoms with Crippen molar-refractivity contribution >= 4 is 11.4 Å². The maximum atomic E-state index is 10.9. The zero-order chi connectivity index (χ0) is 16.1. The zero-order valence-corrected chi connectivity index (χ0v) is 13.3. The van der Waals surface area contributed by atoms with Crippen molar-refractivity contribution in [1.82, 2.24) is 0 Å². The number of non-ortho nitro benzene ring substituents is 1. The molecule has 22 heavy (non-hydrogen) atoms. The van der Waals surface area contributed by atoms with Gasteiger partial charge in [0.15, 0.2) is 0 Å². The van der Waals surface area contributed by atoms with E-state index in [1.165, 1.54) is 18.6 Å². The van der Waals surface area contributed by atoms with E-state index in [-0.39, 0.29) is 11.1 Å². The fourth-order valence-electron chi connectivity index (χ4n) is 4.72. The number of hydrogen-bond donors (Lipinski definition) is 0. The summed E-state index contributed by atoms with van der Waals surface area (Å²) in [5.74, 6) is 0. The van der Waals surface area contributed by atoms with E-state index in [4.69, 9.17) is 0 Å². The fraction of sp³-hybridized carbons (Fsp3) is 0.588. The topological polar surface area (TPSA) is 70.2 Å². The summed E-state index contributed by atoms with van der Waals surface area (Å²) in [7, 11) is 0. The van der Waals surface area contributed by atoms with E-state index in [0.717, 1.165) is 25.1 Å².